The SMILES string of the molecule is O=C(CN1CC[C@]2(CCCNC2=O)C1)NCc1ccccc1. The van der Waals surface area contributed by atoms with E-state index in [2.05, 4.69) is 15.5 Å². The fraction of sp³-hybridized carbons (Fsp3) is 0.529. The van der Waals surface area contributed by atoms with Crippen LogP contribution in [-0.4, -0.2) is 42.9 Å². The van der Waals surface area contributed by atoms with Gasteiger partial charge in [0.1, 0.15) is 0 Å². The van der Waals surface area contributed by atoms with Crippen molar-refractivity contribution in [3.63, 3.8) is 0 Å². The number of piperidine rings is 1. The molecule has 22 heavy (non-hydrogen) atoms. The number of carbonyl (C=O) groups is 2. The fourth-order valence-electron chi connectivity index (χ4n) is 3.47. The first-order chi connectivity index (χ1) is 10.7. The highest BCUT2D eigenvalue weighted by Crippen LogP contribution is 2.37. The number of rotatable bonds is 4. The zero-order valence-corrected chi connectivity index (χ0v) is 12.8. The summed E-state index contributed by atoms with van der Waals surface area (Å²) in [5.41, 5.74) is 0.846. The van der Waals surface area contributed by atoms with Crippen molar-refractivity contribution in [2.24, 2.45) is 5.41 Å². The van der Waals surface area contributed by atoms with E-state index in [0.29, 0.717) is 19.6 Å². The molecule has 1 spiro atoms. The molecule has 1 atom stereocenters. The summed E-state index contributed by atoms with van der Waals surface area (Å²) in [4.78, 5) is 26.3. The van der Waals surface area contributed by atoms with Crippen molar-refractivity contribution in [1.29, 1.82) is 0 Å². The molecule has 2 saturated heterocycles. The van der Waals surface area contributed by atoms with Crippen molar-refractivity contribution in [1.82, 2.24) is 15.5 Å². The summed E-state index contributed by atoms with van der Waals surface area (Å²) in [7, 11) is 0. The van der Waals surface area contributed by atoms with Crippen LogP contribution in [0.2, 0.25) is 0 Å². The van der Waals surface area contributed by atoms with Crippen molar-refractivity contribution in [3.05, 3.63) is 35.9 Å². The predicted molar refractivity (Wildman–Crippen MR) is 84.0 cm³/mol. The zero-order chi connectivity index (χ0) is 15.4. The summed E-state index contributed by atoms with van der Waals surface area (Å²) in [6.07, 6.45) is 2.85. The standard InChI is InChI=1S/C17H23N3O2/c21-15(19-11-14-5-2-1-3-6-14)12-20-10-8-17(13-20)7-4-9-18-16(17)22/h1-3,5-6H,4,7-13H2,(H,18,22)(H,19,21)/t17-/m1/s1. The summed E-state index contributed by atoms with van der Waals surface area (Å²) in [6, 6.07) is 9.89. The molecule has 0 aliphatic carbocycles. The summed E-state index contributed by atoms with van der Waals surface area (Å²) in [6.45, 7) is 3.25. The average molecular weight is 301 g/mol. The highest BCUT2D eigenvalue weighted by Gasteiger charge is 2.45. The molecule has 0 saturated carbocycles. The monoisotopic (exact) mass is 301 g/mol. The normalized spacial score (nSPS) is 25.2. The second-order valence-electron chi connectivity index (χ2n) is 6.36. The van der Waals surface area contributed by atoms with Gasteiger partial charge in [-0.2, -0.15) is 0 Å². The Kier molecular flexibility index (Phi) is 4.43. The number of likely N-dealkylation sites (tertiary alicyclic amines) is 1. The second-order valence-corrected chi connectivity index (χ2v) is 6.36. The van der Waals surface area contributed by atoms with E-state index in [4.69, 9.17) is 0 Å². The summed E-state index contributed by atoms with van der Waals surface area (Å²) < 4.78 is 0. The van der Waals surface area contributed by atoms with Gasteiger partial charge in [0.15, 0.2) is 0 Å². The second kappa shape index (κ2) is 6.48. The van der Waals surface area contributed by atoms with Crippen molar-refractivity contribution in [2.45, 2.75) is 25.8 Å². The van der Waals surface area contributed by atoms with Gasteiger partial charge in [0.2, 0.25) is 11.8 Å². The quantitative estimate of drug-likeness (QED) is 0.869. The van der Waals surface area contributed by atoms with Crippen LogP contribution in [0.4, 0.5) is 0 Å². The third-order valence-electron chi connectivity index (χ3n) is 4.73. The maximum Gasteiger partial charge on any atom is 0.234 e. The summed E-state index contributed by atoms with van der Waals surface area (Å²) >= 11 is 0. The van der Waals surface area contributed by atoms with Gasteiger partial charge in [-0.1, -0.05) is 30.3 Å². The molecule has 2 amide bonds. The molecule has 1 aromatic rings. The maximum atomic E-state index is 12.1. The first-order valence-electron chi connectivity index (χ1n) is 7.99. The van der Waals surface area contributed by atoms with E-state index < -0.39 is 0 Å². The van der Waals surface area contributed by atoms with E-state index in [-0.39, 0.29) is 17.2 Å². The van der Waals surface area contributed by atoms with E-state index in [1.807, 2.05) is 30.3 Å². The lowest BCUT2D eigenvalue weighted by molar-refractivity contribution is -0.133. The Balaban J connectivity index is 1.47. The number of nitrogens with zero attached hydrogens (tertiary/aromatic N) is 1. The smallest absolute Gasteiger partial charge is 0.234 e. The number of hydrogen-bond acceptors (Lipinski definition) is 3. The molecule has 118 valence electrons. The fourth-order valence-corrected chi connectivity index (χ4v) is 3.47. The van der Waals surface area contributed by atoms with Crippen LogP contribution in [0.5, 0.6) is 0 Å². The first kappa shape index (κ1) is 15.0. The molecule has 0 aromatic heterocycles. The predicted octanol–water partition coefficient (Wildman–Crippen LogP) is 0.905. The molecule has 5 nitrogen and oxygen atoms in total. The number of amides is 2. The van der Waals surface area contributed by atoms with Crippen LogP contribution in [0, 0.1) is 5.41 Å². The zero-order valence-electron chi connectivity index (χ0n) is 12.8. The number of benzene rings is 1. The summed E-state index contributed by atoms with van der Waals surface area (Å²) in [5, 5.41) is 5.92. The molecular weight excluding hydrogens is 278 g/mol. The van der Waals surface area contributed by atoms with Gasteiger partial charge in [-0.05, 0) is 31.4 Å². The highest BCUT2D eigenvalue weighted by molar-refractivity contribution is 5.84. The molecule has 0 radical (unpaired) electrons. The molecule has 2 aliphatic rings. The van der Waals surface area contributed by atoms with E-state index >= 15 is 0 Å². The maximum absolute atomic E-state index is 12.1. The Hall–Kier alpha value is -1.88. The number of nitrogens with one attached hydrogen (secondary N) is 2. The van der Waals surface area contributed by atoms with Gasteiger partial charge in [0.25, 0.3) is 0 Å². The van der Waals surface area contributed by atoms with Crippen molar-refractivity contribution < 1.29 is 9.59 Å². The Bertz CT molecular complexity index is 546. The third kappa shape index (κ3) is 3.30. The van der Waals surface area contributed by atoms with Crippen LogP contribution in [0.3, 0.4) is 0 Å². The molecule has 0 unspecified atom stereocenters. The molecule has 1 aromatic carbocycles. The van der Waals surface area contributed by atoms with Crippen molar-refractivity contribution in [3.8, 4) is 0 Å². The first-order valence-corrected chi connectivity index (χ1v) is 7.99. The van der Waals surface area contributed by atoms with Crippen LogP contribution in [0.15, 0.2) is 30.3 Å². The van der Waals surface area contributed by atoms with Gasteiger partial charge in [0, 0.05) is 19.6 Å². The van der Waals surface area contributed by atoms with Crippen molar-refractivity contribution >= 4 is 11.8 Å². The number of carbonyl (C=O) groups excluding carboxylic acids is 2. The van der Waals surface area contributed by atoms with E-state index in [1.54, 1.807) is 0 Å². The lowest BCUT2D eigenvalue weighted by Gasteiger charge is -2.32. The molecule has 2 heterocycles. The lowest BCUT2D eigenvalue weighted by atomic mass is 9.79. The van der Waals surface area contributed by atoms with Gasteiger partial charge >= 0.3 is 0 Å². The van der Waals surface area contributed by atoms with Gasteiger partial charge < -0.3 is 10.6 Å². The van der Waals surface area contributed by atoms with Crippen LogP contribution in [0.25, 0.3) is 0 Å². The van der Waals surface area contributed by atoms with Gasteiger partial charge in [0.05, 0.1) is 12.0 Å². The van der Waals surface area contributed by atoms with Gasteiger partial charge in [-0.25, -0.2) is 0 Å². The van der Waals surface area contributed by atoms with Crippen LogP contribution >= 0.6 is 0 Å². The Labute approximate surface area is 131 Å². The molecule has 5 heteroatoms. The summed E-state index contributed by atoms with van der Waals surface area (Å²) in [5.74, 6) is 0.197. The average Bonchev–Trinajstić information content (AvgIpc) is 2.93. The van der Waals surface area contributed by atoms with Crippen LogP contribution in [0.1, 0.15) is 24.8 Å². The number of hydrogen-bond donors (Lipinski definition) is 2. The molecule has 2 N–H and O–H groups in total. The van der Waals surface area contributed by atoms with Crippen LogP contribution in [-0.2, 0) is 16.1 Å². The minimum absolute atomic E-state index is 0.0251. The molecule has 3 rings (SSSR count). The van der Waals surface area contributed by atoms with E-state index in [0.717, 1.165) is 37.9 Å². The molecular formula is C17H23N3O2. The Morgan fingerprint density at radius 3 is 2.86 bits per heavy atom. The van der Waals surface area contributed by atoms with E-state index in [1.165, 1.54) is 0 Å². The minimum atomic E-state index is -0.252. The van der Waals surface area contributed by atoms with Crippen molar-refractivity contribution in [2.75, 3.05) is 26.2 Å². The van der Waals surface area contributed by atoms with Gasteiger partial charge in [-0.15, -0.1) is 0 Å². The molecule has 2 fully saturated rings. The Morgan fingerprint density at radius 1 is 1.27 bits per heavy atom. The molecule has 0 bridgehead atoms. The van der Waals surface area contributed by atoms with E-state index in [9.17, 15) is 9.59 Å². The van der Waals surface area contributed by atoms with Gasteiger partial charge in [-0.3, -0.25) is 14.5 Å². The minimum Gasteiger partial charge on any atom is -0.356 e. The van der Waals surface area contributed by atoms with Crippen LogP contribution < -0.4 is 10.6 Å². The highest BCUT2D eigenvalue weighted by atomic mass is 16.2. The lowest BCUT2D eigenvalue weighted by Crippen LogP contribution is -2.48. The topological polar surface area (TPSA) is 61.4 Å². The largest absolute Gasteiger partial charge is 0.356 e. The third-order valence-corrected chi connectivity index (χ3v) is 4.73. The Morgan fingerprint density at radius 2 is 2.09 bits per heavy atom. The molecule has 2 aliphatic heterocycles.